The smallest absolute Gasteiger partial charge is 0.254 e. The van der Waals surface area contributed by atoms with Crippen molar-refractivity contribution >= 4 is 22.6 Å². The number of benzene rings is 1. The zero-order valence-corrected chi connectivity index (χ0v) is 18.3. The molecule has 1 aromatic carbocycles. The number of hydrogen-bond donors (Lipinski definition) is 1. The first-order valence-corrected chi connectivity index (χ1v) is 11.0. The van der Waals surface area contributed by atoms with Crippen LogP contribution in [0.4, 0.5) is 5.82 Å². The topological polar surface area (TPSA) is 81.3 Å². The Kier molecular flexibility index (Phi) is 4.89. The number of nitrogen functional groups attached to an aromatic ring is 1. The fourth-order valence-corrected chi connectivity index (χ4v) is 4.42. The molecule has 1 fully saturated rings. The van der Waals surface area contributed by atoms with Crippen molar-refractivity contribution in [3.8, 4) is 0 Å². The highest BCUT2D eigenvalue weighted by molar-refractivity contribution is 5.99. The average molecular weight is 417 g/mol. The molecule has 6 heteroatoms. The van der Waals surface area contributed by atoms with Crippen molar-refractivity contribution in [3.05, 3.63) is 64.5 Å². The molecule has 3 heterocycles. The van der Waals surface area contributed by atoms with Crippen molar-refractivity contribution < 1.29 is 9.53 Å². The number of anilines is 1. The molecule has 31 heavy (non-hydrogen) atoms. The highest BCUT2D eigenvalue weighted by atomic mass is 16.5. The quantitative estimate of drug-likeness (QED) is 0.650. The van der Waals surface area contributed by atoms with E-state index in [1.807, 2.05) is 50.1 Å². The molecule has 1 amide bonds. The Morgan fingerprint density at radius 1 is 1.26 bits per heavy atom. The maximum absolute atomic E-state index is 13.5. The SMILES string of the molecule is CC(C)N(Cc1ccc(C2CC2)cn1)C(=O)c1ccc2nc(N)c3c(c2c1)CO[C@@H]3C. The number of pyridine rings is 2. The van der Waals surface area contributed by atoms with Crippen LogP contribution in [0.2, 0.25) is 0 Å². The number of hydrogen-bond acceptors (Lipinski definition) is 5. The summed E-state index contributed by atoms with van der Waals surface area (Å²) in [6, 6.07) is 9.90. The molecule has 1 aliphatic carbocycles. The molecule has 0 unspecified atom stereocenters. The lowest BCUT2D eigenvalue weighted by atomic mass is 10.00. The number of amides is 1. The lowest BCUT2D eigenvalue weighted by molar-refractivity contribution is 0.0687. The van der Waals surface area contributed by atoms with Gasteiger partial charge >= 0.3 is 0 Å². The van der Waals surface area contributed by atoms with Gasteiger partial charge in [0.2, 0.25) is 0 Å². The Bertz CT molecular complexity index is 1150. The van der Waals surface area contributed by atoms with E-state index in [1.165, 1.54) is 18.4 Å². The Balaban J connectivity index is 1.45. The Morgan fingerprint density at radius 3 is 2.74 bits per heavy atom. The van der Waals surface area contributed by atoms with Crippen LogP contribution in [-0.4, -0.2) is 26.8 Å². The summed E-state index contributed by atoms with van der Waals surface area (Å²) in [7, 11) is 0. The van der Waals surface area contributed by atoms with E-state index >= 15 is 0 Å². The van der Waals surface area contributed by atoms with Gasteiger partial charge in [0.05, 0.1) is 30.5 Å². The summed E-state index contributed by atoms with van der Waals surface area (Å²) in [6.45, 7) is 7.02. The molecule has 3 aromatic rings. The molecular formula is C25H28N4O2. The molecule has 0 radical (unpaired) electrons. The minimum absolute atomic E-state index is 0.0116. The number of nitrogens with two attached hydrogens (primary N) is 1. The van der Waals surface area contributed by atoms with Crippen molar-refractivity contribution in [1.29, 1.82) is 0 Å². The minimum Gasteiger partial charge on any atom is -0.383 e. The van der Waals surface area contributed by atoms with Gasteiger partial charge in [0, 0.05) is 28.8 Å². The molecule has 1 atom stereocenters. The van der Waals surface area contributed by atoms with Gasteiger partial charge in [-0.3, -0.25) is 9.78 Å². The third kappa shape index (κ3) is 3.65. The van der Waals surface area contributed by atoms with E-state index < -0.39 is 0 Å². The third-order valence-corrected chi connectivity index (χ3v) is 6.41. The molecule has 2 aliphatic rings. The van der Waals surface area contributed by atoms with E-state index in [4.69, 9.17) is 10.5 Å². The average Bonchev–Trinajstić information content (AvgIpc) is 3.53. The summed E-state index contributed by atoms with van der Waals surface area (Å²) in [5, 5.41) is 0.940. The predicted molar refractivity (Wildman–Crippen MR) is 121 cm³/mol. The number of ether oxygens (including phenoxy) is 1. The van der Waals surface area contributed by atoms with E-state index in [2.05, 4.69) is 22.1 Å². The van der Waals surface area contributed by atoms with Crippen molar-refractivity contribution in [2.75, 3.05) is 5.73 Å². The van der Waals surface area contributed by atoms with Gasteiger partial charge < -0.3 is 15.4 Å². The zero-order valence-electron chi connectivity index (χ0n) is 18.3. The Hall–Kier alpha value is -2.99. The van der Waals surface area contributed by atoms with Crippen molar-refractivity contribution in [3.63, 3.8) is 0 Å². The summed E-state index contributed by atoms with van der Waals surface area (Å²) >= 11 is 0. The molecule has 2 aromatic heterocycles. The number of fused-ring (bicyclic) bond motifs is 3. The van der Waals surface area contributed by atoms with Crippen LogP contribution in [0.5, 0.6) is 0 Å². The van der Waals surface area contributed by atoms with Gasteiger partial charge in [-0.25, -0.2) is 4.98 Å². The summed E-state index contributed by atoms with van der Waals surface area (Å²) in [6.07, 6.45) is 4.40. The fourth-order valence-electron chi connectivity index (χ4n) is 4.42. The van der Waals surface area contributed by atoms with Gasteiger partial charge in [-0.05, 0) is 74.9 Å². The van der Waals surface area contributed by atoms with Crippen LogP contribution in [0.15, 0.2) is 36.5 Å². The van der Waals surface area contributed by atoms with Gasteiger partial charge in [-0.15, -0.1) is 0 Å². The van der Waals surface area contributed by atoms with Gasteiger partial charge in [-0.2, -0.15) is 0 Å². The minimum atomic E-state index is -0.0805. The first-order valence-electron chi connectivity index (χ1n) is 11.0. The highest BCUT2D eigenvalue weighted by Gasteiger charge is 2.27. The van der Waals surface area contributed by atoms with E-state index in [0.717, 1.165) is 27.7 Å². The van der Waals surface area contributed by atoms with Gasteiger partial charge in [0.1, 0.15) is 5.82 Å². The van der Waals surface area contributed by atoms with Crippen LogP contribution in [0, 0.1) is 0 Å². The maximum atomic E-state index is 13.5. The second-order valence-electron chi connectivity index (χ2n) is 8.96. The highest BCUT2D eigenvalue weighted by Crippen LogP contribution is 2.40. The molecule has 0 spiro atoms. The van der Waals surface area contributed by atoms with E-state index in [-0.39, 0.29) is 18.1 Å². The molecule has 1 aliphatic heterocycles. The molecule has 5 rings (SSSR count). The Morgan fingerprint density at radius 2 is 2.06 bits per heavy atom. The van der Waals surface area contributed by atoms with Gasteiger partial charge in [0.15, 0.2) is 0 Å². The Labute approximate surface area is 182 Å². The van der Waals surface area contributed by atoms with Crippen LogP contribution in [-0.2, 0) is 17.9 Å². The summed E-state index contributed by atoms with van der Waals surface area (Å²) in [5.74, 6) is 1.18. The molecule has 2 N–H and O–H groups in total. The number of aromatic nitrogens is 2. The van der Waals surface area contributed by atoms with Crippen molar-refractivity contribution in [2.45, 2.75) is 64.8 Å². The van der Waals surface area contributed by atoms with E-state index in [0.29, 0.717) is 30.5 Å². The zero-order chi connectivity index (χ0) is 21.7. The maximum Gasteiger partial charge on any atom is 0.254 e. The second kappa shape index (κ2) is 7.61. The number of rotatable bonds is 5. The summed E-state index contributed by atoms with van der Waals surface area (Å²) in [5.41, 5.74) is 11.8. The normalized spacial score (nSPS) is 17.9. The first-order chi connectivity index (χ1) is 14.9. The third-order valence-electron chi connectivity index (χ3n) is 6.41. The van der Waals surface area contributed by atoms with E-state index in [1.54, 1.807) is 0 Å². The molecule has 0 bridgehead atoms. The fraction of sp³-hybridized carbons (Fsp3) is 0.400. The van der Waals surface area contributed by atoms with E-state index in [9.17, 15) is 4.79 Å². The largest absolute Gasteiger partial charge is 0.383 e. The summed E-state index contributed by atoms with van der Waals surface area (Å²) < 4.78 is 5.78. The predicted octanol–water partition coefficient (Wildman–Crippen LogP) is 4.73. The van der Waals surface area contributed by atoms with Crippen LogP contribution in [0.1, 0.15) is 78.4 Å². The summed E-state index contributed by atoms with van der Waals surface area (Å²) in [4.78, 5) is 24.5. The molecule has 1 saturated carbocycles. The molecular weight excluding hydrogens is 388 g/mol. The number of carbonyl (C=O) groups is 1. The second-order valence-corrected chi connectivity index (χ2v) is 8.96. The van der Waals surface area contributed by atoms with Gasteiger partial charge in [0.25, 0.3) is 5.91 Å². The molecule has 160 valence electrons. The van der Waals surface area contributed by atoms with Crippen LogP contribution in [0.3, 0.4) is 0 Å². The first kappa shape index (κ1) is 19.9. The monoisotopic (exact) mass is 416 g/mol. The van der Waals surface area contributed by atoms with Crippen molar-refractivity contribution in [2.24, 2.45) is 0 Å². The van der Waals surface area contributed by atoms with Crippen LogP contribution in [0.25, 0.3) is 10.9 Å². The number of nitrogens with zero attached hydrogens (tertiary/aromatic N) is 3. The lowest BCUT2D eigenvalue weighted by Gasteiger charge is -2.27. The molecule has 6 nitrogen and oxygen atoms in total. The number of carbonyl (C=O) groups excluding carboxylic acids is 1. The lowest BCUT2D eigenvalue weighted by Crippen LogP contribution is -2.36. The van der Waals surface area contributed by atoms with Gasteiger partial charge in [-0.1, -0.05) is 6.07 Å². The standard InChI is InChI=1S/C25H28N4O2/c1-14(2)29(12-19-8-6-18(11-27-19)16-4-5-16)25(30)17-7-9-22-20(10-17)21-13-31-15(3)23(21)24(26)28-22/h6-11,14-16H,4-5,12-13H2,1-3H3,(H2,26,28)/t15-/m1/s1. The molecule has 0 saturated heterocycles. The van der Waals surface area contributed by atoms with Crippen LogP contribution < -0.4 is 5.73 Å². The van der Waals surface area contributed by atoms with Crippen molar-refractivity contribution in [1.82, 2.24) is 14.9 Å². The van der Waals surface area contributed by atoms with Crippen LogP contribution >= 0.6 is 0 Å².